The van der Waals surface area contributed by atoms with Crippen molar-refractivity contribution in [1.82, 2.24) is 10.2 Å². The molecule has 0 aliphatic heterocycles. The van der Waals surface area contributed by atoms with Crippen LogP contribution in [-0.4, -0.2) is 43.8 Å². The van der Waals surface area contributed by atoms with Crippen LogP contribution in [0.1, 0.15) is 44.6 Å². The first-order valence-corrected chi connectivity index (χ1v) is 16.3. The molecule has 0 unspecified atom stereocenters. The van der Waals surface area contributed by atoms with E-state index in [1.165, 1.54) is 17.0 Å². The third-order valence-electron chi connectivity index (χ3n) is 7.08. The summed E-state index contributed by atoms with van der Waals surface area (Å²) in [6.45, 7) is 1.54. The van der Waals surface area contributed by atoms with Crippen molar-refractivity contribution in [2.24, 2.45) is 0 Å². The number of rotatable bonds is 11. The lowest BCUT2D eigenvalue weighted by atomic mass is 10.1. The van der Waals surface area contributed by atoms with Gasteiger partial charge in [0.25, 0.3) is 10.0 Å². The fourth-order valence-corrected chi connectivity index (χ4v) is 6.85. The first-order chi connectivity index (χ1) is 19.2. The zero-order valence-electron chi connectivity index (χ0n) is 22.3. The Morgan fingerprint density at radius 2 is 1.60 bits per heavy atom. The Labute approximate surface area is 255 Å². The summed E-state index contributed by atoms with van der Waals surface area (Å²) in [4.78, 5) is 29.1. The molecule has 7 nitrogen and oxygen atoms in total. The Balaban J connectivity index is 1.69. The maximum atomic E-state index is 14.1. The van der Waals surface area contributed by atoms with Crippen LogP contribution in [0.15, 0.2) is 83.8 Å². The number of benzene rings is 3. The molecule has 1 atom stereocenters. The van der Waals surface area contributed by atoms with Gasteiger partial charge in [-0.2, -0.15) is 0 Å². The van der Waals surface area contributed by atoms with Crippen LogP contribution >= 0.6 is 34.2 Å². The van der Waals surface area contributed by atoms with Crippen LogP contribution in [0, 0.1) is 3.57 Å². The largest absolute Gasteiger partial charge is 0.352 e. The van der Waals surface area contributed by atoms with E-state index in [4.69, 9.17) is 11.6 Å². The number of anilines is 1. The predicted molar refractivity (Wildman–Crippen MR) is 167 cm³/mol. The molecule has 1 fully saturated rings. The Bertz CT molecular complexity index is 1400. The van der Waals surface area contributed by atoms with Crippen molar-refractivity contribution >= 4 is 61.7 Å². The van der Waals surface area contributed by atoms with Crippen LogP contribution in [0.3, 0.4) is 0 Å². The van der Waals surface area contributed by atoms with Gasteiger partial charge in [0.05, 0.1) is 10.6 Å². The number of sulfonamides is 1. The third-order valence-corrected chi connectivity index (χ3v) is 9.84. The molecule has 1 saturated carbocycles. The summed E-state index contributed by atoms with van der Waals surface area (Å²) in [5.41, 5.74) is 1.16. The molecule has 3 aromatic carbocycles. The van der Waals surface area contributed by atoms with Crippen molar-refractivity contribution in [2.75, 3.05) is 10.8 Å². The van der Waals surface area contributed by atoms with Gasteiger partial charge in [-0.15, -0.1) is 0 Å². The third kappa shape index (κ3) is 7.55. The van der Waals surface area contributed by atoms with Crippen molar-refractivity contribution < 1.29 is 18.0 Å². The number of hydrogen-bond acceptors (Lipinski definition) is 4. The van der Waals surface area contributed by atoms with Gasteiger partial charge in [0, 0.05) is 21.2 Å². The summed E-state index contributed by atoms with van der Waals surface area (Å²) in [7, 11) is -4.08. The van der Waals surface area contributed by atoms with Gasteiger partial charge in [-0.25, -0.2) is 8.42 Å². The average molecular weight is 694 g/mol. The van der Waals surface area contributed by atoms with E-state index in [-0.39, 0.29) is 23.4 Å². The van der Waals surface area contributed by atoms with Gasteiger partial charge in [-0.1, -0.05) is 61.7 Å². The number of halogens is 2. The number of amides is 2. The summed E-state index contributed by atoms with van der Waals surface area (Å²) in [5.74, 6) is -0.690. The van der Waals surface area contributed by atoms with E-state index in [9.17, 15) is 18.0 Å². The summed E-state index contributed by atoms with van der Waals surface area (Å²) in [5, 5.41) is 3.68. The maximum Gasteiger partial charge on any atom is 0.264 e. The first-order valence-electron chi connectivity index (χ1n) is 13.4. The van der Waals surface area contributed by atoms with Gasteiger partial charge in [0.15, 0.2) is 0 Å². The molecule has 212 valence electrons. The SMILES string of the molecule is CC[C@H](C(=O)NC1CCCC1)N(Cc1ccc(Cl)cc1)C(=O)CN(c1ccc(I)cc1)S(=O)(=O)c1ccccc1. The Morgan fingerprint density at radius 3 is 2.20 bits per heavy atom. The normalized spacial score (nSPS) is 14.5. The number of carbonyl (C=O) groups is 2. The average Bonchev–Trinajstić information content (AvgIpc) is 3.46. The van der Waals surface area contributed by atoms with Gasteiger partial charge >= 0.3 is 0 Å². The lowest BCUT2D eigenvalue weighted by Gasteiger charge is -2.33. The minimum Gasteiger partial charge on any atom is -0.352 e. The fraction of sp³-hybridized carbons (Fsp3) is 0.333. The highest BCUT2D eigenvalue weighted by Crippen LogP contribution is 2.26. The van der Waals surface area contributed by atoms with Crippen LogP contribution < -0.4 is 9.62 Å². The molecule has 0 radical (unpaired) electrons. The smallest absolute Gasteiger partial charge is 0.264 e. The molecule has 0 saturated heterocycles. The van der Waals surface area contributed by atoms with E-state index < -0.39 is 28.5 Å². The highest BCUT2D eigenvalue weighted by atomic mass is 127. The molecule has 1 aliphatic rings. The molecule has 1 N–H and O–H groups in total. The minimum absolute atomic E-state index is 0.0802. The summed E-state index contributed by atoms with van der Waals surface area (Å²) < 4.78 is 29.7. The van der Waals surface area contributed by atoms with Gasteiger partial charge < -0.3 is 10.2 Å². The number of nitrogens with one attached hydrogen (secondary N) is 1. The van der Waals surface area contributed by atoms with E-state index in [1.807, 2.05) is 19.1 Å². The standard InChI is InChI=1S/C30H33ClIN3O4S/c1-2-28(30(37)33-25-8-6-7-9-25)34(20-22-12-14-23(31)15-13-22)29(36)21-35(26-18-16-24(32)17-19-26)40(38,39)27-10-4-3-5-11-27/h3-5,10-19,25,28H,2,6-9,20-21H2,1H3,(H,33,37)/t28-/m1/s1. The van der Waals surface area contributed by atoms with E-state index >= 15 is 0 Å². The van der Waals surface area contributed by atoms with E-state index in [1.54, 1.807) is 54.6 Å². The van der Waals surface area contributed by atoms with Crippen LogP contribution in [0.25, 0.3) is 0 Å². The van der Waals surface area contributed by atoms with Gasteiger partial charge in [0.1, 0.15) is 12.6 Å². The van der Waals surface area contributed by atoms with E-state index in [0.29, 0.717) is 17.1 Å². The topological polar surface area (TPSA) is 86.8 Å². The zero-order chi connectivity index (χ0) is 28.7. The molecule has 10 heteroatoms. The molecule has 0 heterocycles. The molecule has 3 aromatic rings. The molecule has 40 heavy (non-hydrogen) atoms. The Morgan fingerprint density at radius 1 is 0.975 bits per heavy atom. The fourth-order valence-electron chi connectivity index (χ4n) is 4.93. The highest BCUT2D eigenvalue weighted by molar-refractivity contribution is 14.1. The second kappa shape index (κ2) is 13.8. The van der Waals surface area contributed by atoms with Gasteiger partial charge in [-0.3, -0.25) is 13.9 Å². The second-order valence-corrected chi connectivity index (χ2v) is 13.4. The lowest BCUT2D eigenvalue weighted by molar-refractivity contribution is -0.140. The van der Waals surface area contributed by atoms with Crippen LogP contribution in [0.5, 0.6) is 0 Å². The monoisotopic (exact) mass is 693 g/mol. The van der Waals surface area contributed by atoms with E-state index in [0.717, 1.165) is 39.1 Å². The Hall–Kier alpha value is -2.63. The van der Waals surface area contributed by atoms with Crippen molar-refractivity contribution in [1.29, 1.82) is 0 Å². The molecule has 2 amide bonds. The molecule has 4 rings (SSSR count). The second-order valence-electron chi connectivity index (χ2n) is 9.86. The van der Waals surface area contributed by atoms with Gasteiger partial charge in [-0.05, 0) is 95.9 Å². The van der Waals surface area contributed by atoms with Crippen molar-refractivity contribution in [3.63, 3.8) is 0 Å². The quantitative estimate of drug-likeness (QED) is 0.250. The number of carbonyl (C=O) groups excluding carboxylic acids is 2. The molecular weight excluding hydrogens is 661 g/mol. The van der Waals surface area contributed by atoms with Crippen LogP contribution in [-0.2, 0) is 26.2 Å². The molecular formula is C30H33ClIN3O4S. The van der Waals surface area contributed by atoms with Gasteiger partial charge in [0.2, 0.25) is 11.8 Å². The highest BCUT2D eigenvalue weighted by Gasteiger charge is 2.34. The zero-order valence-corrected chi connectivity index (χ0v) is 26.0. The lowest BCUT2D eigenvalue weighted by Crippen LogP contribution is -2.53. The van der Waals surface area contributed by atoms with Crippen LogP contribution in [0.4, 0.5) is 5.69 Å². The van der Waals surface area contributed by atoms with Crippen molar-refractivity contribution in [3.8, 4) is 0 Å². The molecule has 1 aliphatic carbocycles. The molecule has 0 bridgehead atoms. The Kier molecular flexibility index (Phi) is 10.5. The van der Waals surface area contributed by atoms with E-state index in [2.05, 4.69) is 27.9 Å². The van der Waals surface area contributed by atoms with Crippen molar-refractivity contribution in [3.05, 3.63) is 93.0 Å². The minimum atomic E-state index is -4.08. The molecule has 0 spiro atoms. The number of nitrogens with zero attached hydrogens (tertiary/aromatic N) is 2. The van der Waals surface area contributed by atoms with Crippen molar-refractivity contribution in [2.45, 2.75) is 62.6 Å². The summed E-state index contributed by atoms with van der Waals surface area (Å²) >= 11 is 8.23. The predicted octanol–water partition coefficient (Wildman–Crippen LogP) is 6.01. The maximum absolute atomic E-state index is 14.1. The first kappa shape index (κ1) is 30.3. The molecule has 0 aromatic heterocycles. The summed E-state index contributed by atoms with van der Waals surface area (Å²) in [6.07, 6.45) is 4.36. The van der Waals surface area contributed by atoms with Crippen LogP contribution in [0.2, 0.25) is 5.02 Å². The number of hydrogen-bond donors (Lipinski definition) is 1. The summed E-state index contributed by atoms with van der Waals surface area (Å²) in [6, 6.07) is 21.4.